The smallest absolute Gasteiger partial charge is 0.0309 e. The van der Waals surface area contributed by atoms with Gasteiger partial charge in [-0.1, -0.05) is 104 Å². The highest BCUT2D eigenvalue weighted by Gasteiger charge is 2.54. The normalized spacial score (nSPS) is 21.2. The molecule has 0 heteroatoms. The Morgan fingerprint density at radius 3 is 1.77 bits per heavy atom. The summed E-state index contributed by atoms with van der Waals surface area (Å²) in [6.45, 7) is 6.80. The van der Waals surface area contributed by atoms with Crippen LogP contribution in [0.25, 0.3) is 5.57 Å². The topological polar surface area (TPSA) is 0 Å². The van der Waals surface area contributed by atoms with Crippen LogP contribution in [0, 0.1) is 12.8 Å². The predicted octanol–water partition coefficient (Wildman–Crippen LogP) is 6.56. The SMILES string of the molecule is Cc1ccc([C@]2(C)C(=C=C(c3ccccc3)c3ccccc3)[C@H]2C)cc1. The van der Waals surface area contributed by atoms with E-state index in [-0.39, 0.29) is 5.41 Å². The molecule has 3 aromatic rings. The van der Waals surface area contributed by atoms with Gasteiger partial charge in [-0.3, -0.25) is 0 Å². The van der Waals surface area contributed by atoms with E-state index in [0.29, 0.717) is 5.92 Å². The molecule has 26 heavy (non-hydrogen) atoms. The molecule has 2 atom stereocenters. The van der Waals surface area contributed by atoms with Gasteiger partial charge in [-0.25, -0.2) is 0 Å². The molecule has 128 valence electrons. The first-order chi connectivity index (χ1) is 12.6. The molecule has 1 aliphatic carbocycles. The van der Waals surface area contributed by atoms with Gasteiger partial charge in [0.1, 0.15) is 0 Å². The predicted molar refractivity (Wildman–Crippen MR) is 110 cm³/mol. The van der Waals surface area contributed by atoms with Crippen LogP contribution in [0.2, 0.25) is 0 Å². The maximum atomic E-state index is 3.81. The number of aryl methyl sites for hydroxylation is 1. The number of rotatable bonds is 3. The average molecular weight is 336 g/mol. The third-order valence-corrected chi connectivity index (χ3v) is 5.81. The van der Waals surface area contributed by atoms with Crippen LogP contribution in [0.5, 0.6) is 0 Å². The van der Waals surface area contributed by atoms with Crippen LogP contribution in [0.4, 0.5) is 0 Å². The van der Waals surface area contributed by atoms with Crippen molar-refractivity contribution in [2.45, 2.75) is 26.2 Å². The Labute approximate surface area is 156 Å². The quantitative estimate of drug-likeness (QED) is 0.475. The summed E-state index contributed by atoms with van der Waals surface area (Å²) in [4.78, 5) is 0. The fourth-order valence-electron chi connectivity index (χ4n) is 3.82. The van der Waals surface area contributed by atoms with E-state index in [1.165, 1.54) is 33.4 Å². The second-order valence-corrected chi connectivity index (χ2v) is 7.44. The minimum absolute atomic E-state index is 0.0858. The Kier molecular flexibility index (Phi) is 4.15. The molecule has 0 aromatic heterocycles. The zero-order valence-corrected chi connectivity index (χ0v) is 15.7. The van der Waals surface area contributed by atoms with Crippen LogP contribution in [0.1, 0.15) is 36.1 Å². The molecule has 0 N–H and O–H groups in total. The summed E-state index contributed by atoms with van der Waals surface area (Å²) < 4.78 is 0. The van der Waals surface area contributed by atoms with E-state index >= 15 is 0 Å². The summed E-state index contributed by atoms with van der Waals surface area (Å²) in [5, 5.41) is 0. The zero-order chi connectivity index (χ0) is 18.1. The molecule has 4 rings (SSSR count). The van der Waals surface area contributed by atoms with Crippen LogP contribution in [0.15, 0.2) is 96.2 Å². The Balaban J connectivity index is 1.88. The molecule has 0 amide bonds. The average Bonchev–Trinajstić information content (AvgIpc) is 3.22. The molecule has 0 heterocycles. The third-order valence-electron chi connectivity index (χ3n) is 5.81. The highest BCUT2D eigenvalue weighted by molar-refractivity contribution is 5.80. The van der Waals surface area contributed by atoms with Crippen LogP contribution in [-0.2, 0) is 5.41 Å². The van der Waals surface area contributed by atoms with E-state index in [1.54, 1.807) is 0 Å². The van der Waals surface area contributed by atoms with Gasteiger partial charge in [0.15, 0.2) is 0 Å². The van der Waals surface area contributed by atoms with Gasteiger partial charge < -0.3 is 0 Å². The lowest BCUT2D eigenvalue weighted by Crippen LogP contribution is -2.03. The summed E-state index contributed by atoms with van der Waals surface area (Å²) in [6, 6.07) is 30.2. The highest BCUT2D eigenvalue weighted by atomic mass is 14.6. The summed E-state index contributed by atoms with van der Waals surface area (Å²) >= 11 is 0. The van der Waals surface area contributed by atoms with Crippen molar-refractivity contribution in [1.82, 2.24) is 0 Å². The summed E-state index contributed by atoms with van der Waals surface area (Å²) in [7, 11) is 0. The first-order valence-corrected chi connectivity index (χ1v) is 9.30. The molecule has 3 aromatic carbocycles. The van der Waals surface area contributed by atoms with Crippen molar-refractivity contribution >= 4 is 5.57 Å². The number of allylic oxidation sites excluding steroid dienone is 1. The summed E-state index contributed by atoms with van der Waals surface area (Å²) in [5.74, 6) is 0.507. The van der Waals surface area contributed by atoms with Crippen molar-refractivity contribution in [2.75, 3.05) is 0 Å². The van der Waals surface area contributed by atoms with Crippen molar-refractivity contribution in [3.8, 4) is 0 Å². The number of hydrogen-bond donors (Lipinski definition) is 0. The van der Waals surface area contributed by atoms with E-state index in [9.17, 15) is 0 Å². The maximum Gasteiger partial charge on any atom is 0.0309 e. The second kappa shape index (κ2) is 6.48. The molecule has 0 saturated heterocycles. The first kappa shape index (κ1) is 16.6. The monoisotopic (exact) mass is 336 g/mol. The summed E-state index contributed by atoms with van der Waals surface area (Å²) in [6.07, 6.45) is 0. The van der Waals surface area contributed by atoms with Gasteiger partial charge in [0.2, 0.25) is 0 Å². The van der Waals surface area contributed by atoms with Gasteiger partial charge in [0, 0.05) is 11.0 Å². The van der Waals surface area contributed by atoms with Gasteiger partial charge in [0.05, 0.1) is 0 Å². The molecule has 0 spiro atoms. The van der Waals surface area contributed by atoms with E-state index in [2.05, 4.69) is 111 Å². The number of hydrogen-bond acceptors (Lipinski definition) is 0. The Morgan fingerprint density at radius 1 is 0.769 bits per heavy atom. The molecular weight excluding hydrogens is 312 g/mol. The maximum absolute atomic E-state index is 3.81. The van der Waals surface area contributed by atoms with Crippen molar-refractivity contribution in [3.05, 3.63) is 118 Å². The highest BCUT2D eigenvalue weighted by Crippen LogP contribution is 2.59. The van der Waals surface area contributed by atoms with E-state index in [0.717, 1.165) is 0 Å². The Bertz CT molecular complexity index is 930. The van der Waals surface area contributed by atoms with Crippen molar-refractivity contribution < 1.29 is 0 Å². The van der Waals surface area contributed by atoms with Crippen LogP contribution in [-0.4, -0.2) is 0 Å². The lowest BCUT2D eigenvalue weighted by molar-refractivity contribution is 0.706. The lowest BCUT2D eigenvalue weighted by atomic mass is 9.93. The zero-order valence-electron chi connectivity index (χ0n) is 15.7. The van der Waals surface area contributed by atoms with Gasteiger partial charge in [0.25, 0.3) is 0 Å². The van der Waals surface area contributed by atoms with E-state index in [4.69, 9.17) is 0 Å². The fraction of sp³-hybridized carbons (Fsp3) is 0.192. The van der Waals surface area contributed by atoms with Gasteiger partial charge in [-0.2, -0.15) is 0 Å². The molecule has 1 fully saturated rings. The minimum atomic E-state index is 0.0858. The van der Waals surface area contributed by atoms with E-state index in [1.807, 2.05) is 0 Å². The van der Waals surface area contributed by atoms with Gasteiger partial charge >= 0.3 is 0 Å². The molecule has 1 saturated carbocycles. The molecule has 0 bridgehead atoms. The Hall–Kier alpha value is -2.82. The van der Waals surface area contributed by atoms with Gasteiger partial charge in [-0.15, -0.1) is 5.73 Å². The lowest BCUT2D eigenvalue weighted by Gasteiger charge is -2.10. The Morgan fingerprint density at radius 2 is 1.27 bits per heavy atom. The van der Waals surface area contributed by atoms with Crippen molar-refractivity contribution in [2.24, 2.45) is 5.92 Å². The first-order valence-electron chi connectivity index (χ1n) is 9.30. The van der Waals surface area contributed by atoms with Crippen molar-refractivity contribution in [3.63, 3.8) is 0 Å². The second-order valence-electron chi connectivity index (χ2n) is 7.44. The van der Waals surface area contributed by atoms with Crippen LogP contribution < -0.4 is 0 Å². The number of benzene rings is 3. The fourth-order valence-corrected chi connectivity index (χ4v) is 3.82. The summed E-state index contributed by atoms with van der Waals surface area (Å²) in [5.41, 5.74) is 11.6. The molecule has 0 radical (unpaired) electrons. The van der Waals surface area contributed by atoms with E-state index < -0.39 is 0 Å². The van der Waals surface area contributed by atoms with Crippen LogP contribution in [0.3, 0.4) is 0 Å². The third kappa shape index (κ3) is 2.83. The molecule has 1 aliphatic rings. The van der Waals surface area contributed by atoms with Crippen molar-refractivity contribution in [1.29, 1.82) is 0 Å². The largest absolute Gasteiger partial charge is 0.111 e. The molecule has 0 aliphatic heterocycles. The molecule has 0 nitrogen and oxygen atoms in total. The molecular formula is C26H24. The van der Waals surface area contributed by atoms with Gasteiger partial charge in [-0.05, 0) is 35.1 Å². The standard InChI is InChI=1S/C26H24/c1-19-14-16-23(17-15-19)26(3)20(2)25(26)18-24(21-10-6-4-7-11-21)22-12-8-5-9-13-22/h4-17,20H,1-3H3/t20-,26-/m1/s1. The minimum Gasteiger partial charge on any atom is -0.111 e. The molecule has 0 unspecified atom stereocenters. The van der Waals surface area contributed by atoms with Crippen LogP contribution >= 0.6 is 0 Å².